The lowest BCUT2D eigenvalue weighted by Gasteiger charge is -2.11. The molecule has 4 rings (SSSR count). The van der Waals surface area contributed by atoms with Crippen molar-refractivity contribution in [3.05, 3.63) is 76.6 Å². The molecule has 0 spiro atoms. The number of carbonyl (C=O) groups is 1. The van der Waals surface area contributed by atoms with E-state index in [1.807, 2.05) is 31.2 Å². The number of carbonyl (C=O) groups excluding carboxylic acids is 1. The predicted octanol–water partition coefficient (Wildman–Crippen LogP) is 2.06. The Bertz CT molecular complexity index is 1110. The highest BCUT2D eigenvalue weighted by Gasteiger charge is 2.18. The van der Waals surface area contributed by atoms with Crippen molar-refractivity contribution >= 4 is 22.6 Å². The van der Waals surface area contributed by atoms with Gasteiger partial charge in [-0.25, -0.2) is 9.97 Å². The SMILES string of the molecule is C[C@H](NC(=O)c1cnc2ccccn2c1=O)c1nc2ccccc2[nH]1. The van der Waals surface area contributed by atoms with Crippen LogP contribution in [0, 0.1) is 0 Å². The summed E-state index contributed by atoms with van der Waals surface area (Å²) in [6, 6.07) is 12.5. The lowest BCUT2D eigenvalue weighted by molar-refractivity contribution is 0.0936. The fourth-order valence-corrected chi connectivity index (χ4v) is 2.70. The van der Waals surface area contributed by atoms with Crippen molar-refractivity contribution in [3.8, 4) is 0 Å². The van der Waals surface area contributed by atoms with Gasteiger partial charge < -0.3 is 10.3 Å². The van der Waals surface area contributed by atoms with E-state index in [4.69, 9.17) is 0 Å². The molecule has 1 atom stereocenters. The van der Waals surface area contributed by atoms with Crippen LogP contribution in [-0.4, -0.2) is 25.3 Å². The van der Waals surface area contributed by atoms with E-state index in [1.54, 1.807) is 24.4 Å². The number of para-hydroxylation sites is 2. The van der Waals surface area contributed by atoms with E-state index >= 15 is 0 Å². The molecule has 0 radical (unpaired) electrons. The third-order valence-electron chi connectivity index (χ3n) is 4.02. The second-order valence-electron chi connectivity index (χ2n) is 5.74. The number of fused-ring (bicyclic) bond motifs is 2. The molecule has 1 amide bonds. The molecule has 0 saturated heterocycles. The minimum Gasteiger partial charge on any atom is -0.342 e. The molecule has 3 aromatic heterocycles. The Balaban J connectivity index is 1.63. The summed E-state index contributed by atoms with van der Waals surface area (Å²) in [7, 11) is 0. The highest BCUT2D eigenvalue weighted by atomic mass is 16.2. The van der Waals surface area contributed by atoms with Crippen LogP contribution in [0.1, 0.15) is 29.1 Å². The molecule has 7 heteroatoms. The molecule has 7 nitrogen and oxygen atoms in total. The van der Waals surface area contributed by atoms with E-state index < -0.39 is 11.5 Å². The zero-order valence-corrected chi connectivity index (χ0v) is 13.4. The summed E-state index contributed by atoms with van der Waals surface area (Å²) < 4.78 is 1.35. The van der Waals surface area contributed by atoms with E-state index in [2.05, 4.69) is 20.3 Å². The van der Waals surface area contributed by atoms with Crippen LogP contribution in [0.5, 0.6) is 0 Å². The van der Waals surface area contributed by atoms with Gasteiger partial charge in [-0.2, -0.15) is 0 Å². The van der Waals surface area contributed by atoms with Gasteiger partial charge in [0, 0.05) is 12.4 Å². The minimum atomic E-state index is -0.483. The van der Waals surface area contributed by atoms with E-state index in [0.717, 1.165) is 11.0 Å². The molecule has 25 heavy (non-hydrogen) atoms. The zero-order valence-electron chi connectivity index (χ0n) is 13.4. The van der Waals surface area contributed by atoms with Gasteiger partial charge in [0.2, 0.25) is 0 Å². The van der Waals surface area contributed by atoms with Crippen LogP contribution in [0.4, 0.5) is 0 Å². The second kappa shape index (κ2) is 5.86. The third-order valence-corrected chi connectivity index (χ3v) is 4.02. The summed E-state index contributed by atoms with van der Waals surface area (Å²) in [5.74, 6) is 0.145. The van der Waals surface area contributed by atoms with Crippen molar-refractivity contribution in [3.63, 3.8) is 0 Å². The first-order valence-corrected chi connectivity index (χ1v) is 7.85. The van der Waals surface area contributed by atoms with Gasteiger partial charge >= 0.3 is 0 Å². The summed E-state index contributed by atoms with van der Waals surface area (Å²) in [6.45, 7) is 1.81. The monoisotopic (exact) mass is 333 g/mol. The number of hydrogen-bond acceptors (Lipinski definition) is 4. The predicted molar refractivity (Wildman–Crippen MR) is 93.4 cm³/mol. The number of aromatic amines is 1. The molecule has 4 aromatic rings. The van der Waals surface area contributed by atoms with Crippen molar-refractivity contribution in [2.75, 3.05) is 0 Å². The van der Waals surface area contributed by atoms with Crippen LogP contribution in [0.25, 0.3) is 16.7 Å². The fraction of sp³-hybridized carbons (Fsp3) is 0.111. The number of benzene rings is 1. The van der Waals surface area contributed by atoms with Gasteiger partial charge in [-0.3, -0.25) is 14.0 Å². The van der Waals surface area contributed by atoms with E-state index in [9.17, 15) is 9.59 Å². The maximum absolute atomic E-state index is 12.5. The lowest BCUT2D eigenvalue weighted by Crippen LogP contribution is -2.33. The molecular formula is C18H15N5O2. The largest absolute Gasteiger partial charge is 0.342 e. The molecule has 0 unspecified atom stereocenters. The Morgan fingerprint density at radius 3 is 2.84 bits per heavy atom. The Morgan fingerprint density at radius 1 is 1.20 bits per heavy atom. The van der Waals surface area contributed by atoms with Gasteiger partial charge in [-0.15, -0.1) is 0 Å². The number of H-pyrrole nitrogens is 1. The first kappa shape index (κ1) is 15.1. The third kappa shape index (κ3) is 2.65. The van der Waals surface area contributed by atoms with Crippen molar-refractivity contribution in [2.45, 2.75) is 13.0 Å². The Labute approximate surface area is 142 Å². The van der Waals surface area contributed by atoms with Crippen molar-refractivity contribution in [1.82, 2.24) is 24.7 Å². The molecule has 0 saturated carbocycles. The summed E-state index contributed by atoms with van der Waals surface area (Å²) in [6.07, 6.45) is 2.89. The summed E-state index contributed by atoms with van der Waals surface area (Å²) in [5.41, 5.74) is 1.80. The Kier molecular flexibility index (Phi) is 3.53. The van der Waals surface area contributed by atoms with Crippen molar-refractivity contribution < 1.29 is 4.79 Å². The van der Waals surface area contributed by atoms with Crippen LogP contribution in [-0.2, 0) is 0 Å². The molecule has 2 N–H and O–H groups in total. The van der Waals surface area contributed by atoms with Crippen LogP contribution in [0.3, 0.4) is 0 Å². The number of amides is 1. The van der Waals surface area contributed by atoms with Crippen molar-refractivity contribution in [2.24, 2.45) is 0 Å². The fourth-order valence-electron chi connectivity index (χ4n) is 2.70. The Hall–Kier alpha value is -3.48. The highest BCUT2D eigenvalue weighted by molar-refractivity contribution is 5.94. The van der Waals surface area contributed by atoms with Gasteiger partial charge in [0.05, 0.1) is 17.1 Å². The van der Waals surface area contributed by atoms with Crippen LogP contribution >= 0.6 is 0 Å². The number of pyridine rings is 1. The molecule has 124 valence electrons. The normalized spacial score (nSPS) is 12.4. The number of nitrogens with one attached hydrogen (secondary N) is 2. The summed E-state index contributed by atoms with van der Waals surface area (Å²) >= 11 is 0. The van der Waals surface area contributed by atoms with E-state index in [1.165, 1.54) is 10.6 Å². The summed E-state index contributed by atoms with van der Waals surface area (Å²) in [4.78, 5) is 36.8. The van der Waals surface area contributed by atoms with Gasteiger partial charge in [-0.1, -0.05) is 18.2 Å². The zero-order chi connectivity index (χ0) is 17.4. The maximum atomic E-state index is 12.5. The van der Waals surface area contributed by atoms with Crippen LogP contribution < -0.4 is 10.9 Å². The molecule has 0 bridgehead atoms. The molecule has 1 aromatic carbocycles. The lowest BCUT2D eigenvalue weighted by atomic mass is 10.2. The van der Waals surface area contributed by atoms with Gasteiger partial charge in [-0.05, 0) is 31.2 Å². The van der Waals surface area contributed by atoms with Gasteiger partial charge in [0.25, 0.3) is 11.5 Å². The second-order valence-corrected chi connectivity index (χ2v) is 5.74. The number of imidazole rings is 1. The van der Waals surface area contributed by atoms with E-state index in [-0.39, 0.29) is 11.6 Å². The molecule has 3 heterocycles. The van der Waals surface area contributed by atoms with Crippen LogP contribution in [0.15, 0.2) is 59.7 Å². The number of aromatic nitrogens is 4. The molecular weight excluding hydrogens is 318 g/mol. The van der Waals surface area contributed by atoms with Gasteiger partial charge in [0.15, 0.2) is 0 Å². The molecule has 0 fully saturated rings. The smallest absolute Gasteiger partial charge is 0.270 e. The highest BCUT2D eigenvalue weighted by Crippen LogP contribution is 2.15. The first-order valence-electron chi connectivity index (χ1n) is 7.85. The number of rotatable bonds is 3. The van der Waals surface area contributed by atoms with Gasteiger partial charge in [0.1, 0.15) is 17.0 Å². The maximum Gasteiger partial charge on any atom is 0.270 e. The summed E-state index contributed by atoms with van der Waals surface area (Å²) in [5, 5.41) is 2.79. The number of hydrogen-bond donors (Lipinski definition) is 2. The Morgan fingerprint density at radius 2 is 2.00 bits per heavy atom. The van der Waals surface area contributed by atoms with Crippen LogP contribution in [0.2, 0.25) is 0 Å². The minimum absolute atomic E-state index is 0.00772. The average molecular weight is 333 g/mol. The molecule has 0 aliphatic rings. The van der Waals surface area contributed by atoms with E-state index in [0.29, 0.717) is 11.5 Å². The first-order chi connectivity index (χ1) is 12.1. The quantitative estimate of drug-likeness (QED) is 0.600. The topological polar surface area (TPSA) is 92.2 Å². The van der Waals surface area contributed by atoms with Crippen molar-refractivity contribution in [1.29, 1.82) is 0 Å². The molecule has 0 aliphatic heterocycles. The number of nitrogens with zero attached hydrogens (tertiary/aromatic N) is 3. The average Bonchev–Trinajstić information content (AvgIpc) is 3.06. The molecule has 0 aliphatic carbocycles. The standard InChI is InChI=1S/C18H15N5O2/c1-11(16-21-13-6-2-3-7-14(13)22-16)20-17(24)12-10-19-15-8-4-5-9-23(15)18(12)25/h2-11H,1H3,(H,20,24)(H,21,22)/t11-/m0/s1.